The van der Waals surface area contributed by atoms with E-state index in [9.17, 15) is 9.90 Å². The molecule has 94 valence electrons. The summed E-state index contributed by atoms with van der Waals surface area (Å²) in [5.41, 5.74) is -0.646. The molecule has 16 heavy (non-hydrogen) atoms. The number of piperidine rings is 1. The molecule has 1 heterocycles. The number of carboxylic acid groups (broad SMARTS) is 1. The first-order chi connectivity index (χ1) is 7.38. The Kier molecular flexibility index (Phi) is 4.36. The minimum absolute atomic E-state index is 0.362. The van der Waals surface area contributed by atoms with E-state index in [1.807, 2.05) is 6.92 Å². The van der Waals surface area contributed by atoms with Crippen LogP contribution >= 0.6 is 0 Å². The van der Waals surface area contributed by atoms with Crippen LogP contribution in [-0.2, 0) is 4.79 Å². The van der Waals surface area contributed by atoms with Gasteiger partial charge < -0.3 is 5.11 Å². The third-order valence-corrected chi connectivity index (χ3v) is 3.75. The predicted octanol–water partition coefficient (Wildman–Crippen LogP) is 2.75. The van der Waals surface area contributed by atoms with E-state index in [1.54, 1.807) is 0 Å². The van der Waals surface area contributed by atoms with Crippen molar-refractivity contribution in [2.75, 3.05) is 6.54 Å². The van der Waals surface area contributed by atoms with E-state index >= 15 is 0 Å². The van der Waals surface area contributed by atoms with Crippen LogP contribution in [0.5, 0.6) is 0 Å². The Balaban J connectivity index is 2.77. The number of aliphatic carboxylic acids is 1. The van der Waals surface area contributed by atoms with Crippen molar-refractivity contribution < 1.29 is 9.90 Å². The first kappa shape index (κ1) is 13.5. The van der Waals surface area contributed by atoms with Crippen molar-refractivity contribution in [3.05, 3.63) is 0 Å². The lowest BCUT2D eigenvalue weighted by atomic mass is 9.86. The average molecular weight is 227 g/mol. The lowest BCUT2D eigenvalue weighted by Crippen LogP contribution is -2.58. The zero-order valence-corrected chi connectivity index (χ0v) is 11.0. The average Bonchev–Trinajstić information content (AvgIpc) is 2.16. The maximum absolute atomic E-state index is 11.4. The molecule has 0 aromatic carbocycles. The number of hydrogen-bond acceptors (Lipinski definition) is 2. The molecule has 0 saturated carbocycles. The van der Waals surface area contributed by atoms with Crippen LogP contribution in [0.25, 0.3) is 0 Å². The fourth-order valence-electron chi connectivity index (χ4n) is 2.89. The zero-order valence-electron chi connectivity index (χ0n) is 11.0. The van der Waals surface area contributed by atoms with Gasteiger partial charge in [0.05, 0.1) is 0 Å². The lowest BCUT2D eigenvalue weighted by molar-refractivity contribution is -0.155. The van der Waals surface area contributed by atoms with Gasteiger partial charge in [0, 0.05) is 6.04 Å². The van der Waals surface area contributed by atoms with E-state index in [4.69, 9.17) is 0 Å². The summed E-state index contributed by atoms with van der Waals surface area (Å²) >= 11 is 0. The quantitative estimate of drug-likeness (QED) is 0.803. The summed E-state index contributed by atoms with van der Waals surface area (Å²) in [6.07, 6.45) is 4.02. The van der Waals surface area contributed by atoms with Crippen molar-refractivity contribution in [1.82, 2.24) is 4.90 Å². The molecule has 0 amide bonds. The van der Waals surface area contributed by atoms with Crippen LogP contribution in [0.3, 0.4) is 0 Å². The smallest absolute Gasteiger partial charge is 0.323 e. The van der Waals surface area contributed by atoms with E-state index in [0.717, 1.165) is 32.2 Å². The Bertz CT molecular complexity index is 252. The maximum Gasteiger partial charge on any atom is 0.323 e. The van der Waals surface area contributed by atoms with Gasteiger partial charge in [-0.15, -0.1) is 0 Å². The molecule has 1 rings (SSSR count). The van der Waals surface area contributed by atoms with Crippen molar-refractivity contribution in [3.63, 3.8) is 0 Å². The van der Waals surface area contributed by atoms with Crippen LogP contribution in [0.1, 0.15) is 53.4 Å². The molecule has 0 spiro atoms. The molecular weight excluding hydrogens is 202 g/mol. The largest absolute Gasteiger partial charge is 0.480 e. The molecule has 1 N–H and O–H groups in total. The van der Waals surface area contributed by atoms with Crippen LogP contribution in [0.4, 0.5) is 0 Å². The topological polar surface area (TPSA) is 40.5 Å². The van der Waals surface area contributed by atoms with Crippen molar-refractivity contribution in [1.29, 1.82) is 0 Å². The summed E-state index contributed by atoms with van der Waals surface area (Å²) < 4.78 is 0. The highest BCUT2D eigenvalue weighted by atomic mass is 16.4. The van der Waals surface area contributed by atoms with Gasteiger partial charge in [0.15, 0.2) is 0 Å². The van der Waals surface area contributed by atoms with Crippen molar-refractivity contribution in [3.8, 4) is 0 Å². The third-order valence-electron chi connectivity index (χ3n) is 3.75. The number of rotatable bonds is 4. The zero-order chi connectivity index (χ0) is 12.3. The Morgan fingerprint density at radius 3 is 2.50 bits per heavy atom. The number of likely N-dealkylation sites (tertiary alicyclic amines) is 1. The Hall–Kier alpha value is -0.570. The molecule has 3 nitrogen and oxygen atoms in total. The molecule has 0 aliphatic carbocycles. The van der Waals surface area contributed by atoms with Gasteiger partial charge in [0.2, 0.25) is 0 Å². The van der Waals surface area contributed by atoms with Gasteiger partial charge in [0.1, 0.15) is 5.54 Å². The normalized spacial score (nSPS) is 29.3. The van der Waals surface area contributed by atoms with E-state index in [0.29, 0.717) is 12.0 Å². The molecule has 1 aliphatic rings. The van der Waals surface area contributed by atoms with Crippen LogP contribution in [0, 0.1) is 5.92 Å². The van der Waals surface area contributed by atoms with Gasteiger partial charge in [-0.25, -0.2) is 0 Å². The summed E-state index contributed by atoms with van der Waals surface area (Å²) in [7, 11) is 0. The molecule has 0 bridgehead atoms. The molecule has 1 aliphatic heterocycles. The minimum atomic E-state index is -0.664. The second kappa shape index (κ2) is 5.17. The maximum atomic E-state index is 11.4. The second-order valence-corrected chi connectivity index (χ2v) is 5.71. The Morgan fingerprint density at radius 2 is 2.00 bits per heavy atom. The van der Waals surface area contributed by atoms with Crippen LogP contribution in [0.2, 0.25) is 0 Å². The second-order valence-electron chi connectivity index (χ2n) is 5.71. The summed E-state index contributed by atoms with van der Waals surface area (Å²) in [6.45, 7) is 9.35. The van der Waals surface area contributed by atoms with Gasteiger partial charge in [0.25, 0.3) is 0 Å². The number of hydrogen-bond donors (Lipinski definition) is 1. The van der Waals surface area contributed by atoms with Gasteiger partial charge in [-0.3, -0.25) is 9.69 Å². The SMILES string of the molecule is CC(C)CC(C)N1CCCCC1(C)C(=O)O. The first-order valence-electron chi connectivity index (χ1n) is 6.38. The fraction of sp³-hybridized carbons (Fsp3) is 0.923. The number of carbonyl (C=O) groups is 1. The van der Waals surface area contributed by atoms with Gasteiger partial charge in [-0.1, -0.05) is 13.8 Å². The summed E-state index contributed by atoms with van der Waals surface area (Å²) in [6, 6.07) is 0.362. The van der Waals surface area contributed by atoms with Gasteiger partial charge in [-0.2, -0.15) is 0 Å². The lowest BCUT2D eigenvalue weighted by Gasteiger charge is -2.45. The number of carboxylic acids is 1. The molecule has 1 saturated heterocycles. The molecule has 1 fully saturated rings. The van der Waals surface area contributed by atoms with Crippen molar-refractivity contribution >= 4 is 5.97 Å². The van der Waals surface area contributed by atoms with E-state index in [1.165, 1.54) is 0 Å². The summed E-state index contributed by atoms with van der Waals surface area (Å²) in [5, 5.41) is 9.41. The van der Waals surface area contributed by atoms with Crippen molar-refractivity contribution in [2.45, 2.75) is 65.0 Å². The predicted molar refractivity (Wildman–Crippen MR) is 65.5 cm³/mol. The Morgan fingerprint density at radius 1 is 1.38 bits per heavy atom. The molecule has 2 atom stereocenters. The highest BCUT2D eigenvalue weighted by molar-refractivity contribution is 5.78. The summed E-state index contributed by atoms with van der Waals surface area (Å²) in [4.78, 5) is 13.6. The van der Waals surface area contributed by atoms with E-state index in [-0.39, 0.29) is 0 Å². The first-order valence-corrected chi connectivity index (χ1v) is 6.38. The monoisotopic (exact) mass is 227 g/mol. The highest BCUT2D eigenvalue weighted by Gasteiger charge is 2.43. The molecule has 0 radical (unpaired) electrons. The highest BCUT2D eigenvalue weighted by Crippen LogP contribution is 2.31. The molecule has 0 aromatic heterocycles. The van der Waals surface area contributed by atoms with Crippen LogP contribution in [0.15, 0.2) is 0 Å². The fourth-order valence-corrected chi connectivity index (χ4v) is 2.89. The van der Waals surface area contributed by atoms with Gasteiger partial charge in [-0.05, 0) is 52.0 Å². The number of nitrogens with zero attached hydrogens (tertiary/aromatic N) is 1. The Labute approximate surface area is 98.8 Å². The van der Waals surface area contributed by atoms with Crippen molar-refractivity contribution in [2.24, 2.45) is 5.92 Å². The van der Waals surface area contributed by atoms with E-state index < -0.39 is 11.5 Å². The molecular formula is C13H25NO2. The summed E-state index contributed by atoms with van der Waals surface area (Å²) in [5.74, 6) is -0.0437. The minimum Gasteiger partial charge on any atom is -0.480 e. The molecule has 2 unspecified atom stereocenters. The molecule has 0 aromatic rings. The van der Waals surface area contributed by atoms with Crippen LogP contribution < -0.4 is 0 Å². The van der Waals surface area contributed by atoms with Crippen LogP contribution in [-0.4, -0.2) is 34.1 Å². The molecule has 3 heteroatoms. The van der Waals surface area contributed by atoms with Gasteiger partial charge >= 0.3 is 5.97 Å². The third kappa shape index (κ3) is 2.76. The standard InChI is InChI=1S/C13H25NO2/c1-10(2)9-11(3)14-8-6-5-7-13(14,4)12(15)16/h10-11H,5-9H2,1-4H3,(H,15,16). The van der Waals surface area contributed by atoms with E-state index in [2.05, 4.69) is 25.7 Å².